The molecule has 178 valence electrons. The van der Waals surface area contributed by atoms with Gasteiger partial charge in [0.15, 0.2) is 0 Å². The maximum atomic E-state index is 13.4. The van der Waals surface area contributed by atoms with Gasteiger partial charge in [0.05, 0.1) is 17.3 Å². The fourth-order valence-corrected chi connectivity index (χ4v) is 6.35. The lowest BCUT2D eigenvalue weighted by molar-refractivity contribution is -0.115. The summed E-state index contributed by atoms with van der Waals surface area (Å²) in [5.41, 5.74) is 3.48. The van der Waals surface area contributed by atoms with E-state index in [9.17, 15) is 13.2 Å². The van der Waals surface area contributed by atoms with Gasteiger partial charge in [0.1, 0.15) is 4.90 Å². The van der Waals surface area contributed by atoms with Crippen LogP contribution >= 0.6 is 11.6 Å². The number of amides is 1. The van der Waals surface area contributed by atoms with Gasteiger partial charge in [-0.15, -0.1) is 0 Å². The summed E-state index contributed by atoms with van der Waals surface area (Å²) < 4.78 is 28.1. The molecule has 0 saturated carbocycles. The molecule has 1 amide bonds. The van der Waals surface area contributed by atoms with Gasteiger partial charge in [-0.25, -0.2) is 8.42 Å². The van der Waals surface area contributed by atoms with Gasteiger partial charge < -0.3 is 10.6 Å². The van der Waals surface area contributed by atoms with E-state index in [2.05, 4.69) is 22.8 Å². The second kappa shape index (κ2) is 10.6. The summed E-state index contributed by atoms with van der Waals surface area (Å²) in [6, 6.07) is 21.8. The Labute approximate surface area is 206 Å². The smallest absolute Gasteiger partial charge is 0.265 e. The Morgan fingerprint density at radius 1 is 1.06 bits per heavy atom. The van der Waals surface area contributed by atoms with Crippen molar-refractivity contribution in [3.63, 3.8) is 0 Å². The van der Waals surface area contributed by atoms with Crippen LogP contribution in [0.1, 0.15) is 36.9 Å². The summed E-state index contributed by atoms with van der Waals surface area (Å²) in [5.74, 6) is -0.246. The molecule has 3 aromatic rings. The number of nitrogens with zero attached hydrogens (tertiary/aromatic N) is 1. The SMILES string of the molecule is CCN(c1ccccc1)S(=O)(=O)c1cc(NC(=O)CN[C@@H]2CCCc3ccccc32)ccc1Cl. The van der Waals surface area contributed by atoms with Gasteiger partial charge in [-0.2, -0.15) is 0 Å². The van der Waals surface area contributed by atoms with Crippen molar-refractivity contribution in [2.45, 2.75) is 37.1 Å². The highest BCUT2D eigenvalue weighted by Gasteiger charge is 2.27. The zero-order chi connectivity index (χ0) is 24.1. The Hall–Kier alpha value is -2.87. The summed E-state index contributed by atoms with van der Waals surface area (Å²) in [7, 11) is -3.92. The molecule has 8 heteroatoms. The molecule has 2 N–H and O–H groups in total. The number of anilines is 2. The van der Waals surface area contributed by atoms with E-state index < -0.39 is 10.0 Å². The average Bonchev–Trinajstić information content (AvgIpc) is 2.85. The minimum absolute atomic E-state index is 0.0492. The van der Waals surface area contributed by atoms with Crippen LogP contribution in [0.15, 0.2) is 77.7 Å². The van der Waals surface area contributed by atoms with Crippen LogP contribution in [0.2, 0.25) is 5.02 Å². The topological polar surface area (TPSA) is 78.5 Å². The molecule has 4 rings (SSSR count). The van der Waals surface area contributed by atoms with Gasteiger partial charge in [-0.1, -0.05) is 54.1 Å². The maximum Gasteiger partial charge on any atom is 0.265 e. The molecule has 0 bridgehead atoms. The van der Waals surface area contributed by atoms with Crippen LogP contribution < -0.4 is 14.9 Å². The molecule has 0 fully saturated rings. The van der Waals surface area contributed by atoms with E-state index in [0.717, 1.165) is 19.3 Å². The van der Waals surface area contributed by atoms with Gasteiger partial charge in [-0.3, -0.25) is 9.10 Å². The van der Waals surface area contributed by atoms with E-state index in [1.54, 1.807) is 37.3 Å². The standard InChI is InChI=1S/C26H28ClN3O3S/c1-2-30(21-11-4-3-5-12-21)34(32,33)25-17-20(15-16-23(25)27)29-26(31)18-28-24-14-8-10-19-9-6-7-13-22(19)24/h3-7,9,11-13,15-17,24,28H,2,8,10,14,18H2,1H3,(H,29,31)/t24-/m1/s1. The lowest BCUT2D eigenvalue weighted by Crippen LogP contribution is -2.33. The van der Waals surface area contributed by atoms with Crippen LogP contribution in [0.3, 0.4) is 0 Å². The lowest BCUT2D eigenvalue weighted by atomic mass is 9.88. The molecule has 34 heavy (non-hydrogen) atoms. The predicted octanol–water partition coefficient (Wildman–Crippen LogP) is 5.16. The largest absolute Gasteiger partial charge is 0.325 e. The molecule has 0 aromatic heterocycles. The number of rotatable bonds is 8. The van der Waals surface area contributed by atoms with E-state index in [1.807, 2.05) is 18.2 Å². The van der Waals surface area contributed by atoms with Crippen LogP contribution in [0.4, 0.5) is 11.4 Å². The quantitative estimate of drug-likeness (QED) is 0.450. The summed E-state index contributed by atoms with van der Waals surface area (Å²) >= 11 is 6.29. The third kappa shape index (κ3) is 5.27. The molecule has 1 atom stereocenters. The number of para-hydroxylation sites is 1. The fraction of sp³-hybridized carbons (Fsp3) is 0.269. The van der Waals surface area contributed by atoms with E-state index in [1.165, 1.54) is 27.6 Å². The first kappa shape index (κ1) is 24.3. The van der Waals surface area contributed by atoms with Crippen LogP contribution in [-0.2, 0) is 21.2 Å². The second-order valence-electron chi connectivity index (χ2n) is 8.22. The number of nitrogens with one attached hydrogen (secondary N) is 2. The molecule has 1 aliphatic carbocycles. The van der Waals surface area contributed by atoms with Crippen LogP contribution in [-0.4, -0.2) is 27.4 Å². The van der Waals surface area contributed by atoms with Crippen molar-refractivity contribution >= 4 is 38.9 Å². The molecule has 3 aromatic carbocycles. The summed E-state index contributed by atoms with van der Waals surface area (Å²) in [4.78, 5) is 12.6. The van der Waals surface area contributed by atoms with Gasteiger partial charge >= 0.3 is 0 Å². The number of aryl methyl sites for hydroxylation is 1. The van der Waals surface area contributed by atoms with Gasteiger partial charge in [0, 0.05) is 18.3 Å². The van der Waals surface area contributed by atoms with E-state index in [0.29, 0.717) is 11.4 Å². The van der Waals surface area contributed by atoms with Crippen molar-refractivity contribution in [2.24, 2.45) is 0 Å². The van der Waals surface area contributed by atoms with E-state index in [4.69, 9.17) is 11.6 Å². The Morgan fingerprint density at radius 2 is 1.79 bits per heavy atom. The Balaban J connectivity index is 1.47. The Morgan fingerprint density at radius 3 is 2.56 bits per heavy atom. The average molecular weight is 498 g/mol. The van der Waals surface area contributed by atoms with Crippen molar-refractivity contribution in [3.8, 4) is 0 Å². The summed E-state index contributed by atoms with van der Waals surface area (Å²) in [5, 5.41) is 6.24. The lowest BCUT2D eigenvalue weighted by Gasteiger charge is -2.26. The molecule has 6 nitrogen and oxygen atoms in total. The Kier molecular flexibility index (Phi) is 7.56. The van der Waals surface area contributed by atoms with Gasteiger partial charge in [-0.05, 0) is 67.6 Å². The minimum atomic E-state index is -3.92. The third-order valence-corrected chi connectivity index (χ3v) is 8.38. The van der Waals surface area contributed by atoms with Crippen molar-refractivity contribution in [1.29, 1.82) is 0 Å². The molecule has 0 unspecified atom stereocenters. The molecule has 0 saturated heterocycles. The molecule has 0 spiro atoms. The summed E-state index contributed by atoms with van der Waals surface area (Å²) in [6.07, 6.45) is 3.10. The van der Waals surface area contributed by atoms with Crippen LogP contribution in [0, 0.1) is 0 Å². The highest BCUT2D eigenvalue weighted by molar-refractivity contribution is 7.93. The number of carbonyl (C=O) groups excluding carboxylic acids is 1. The number of halogens is 1. The Bertz CT molecular complexity index is 1270. The molecule has 1 aliphatic rings. The van der Waals surface area contributed by atoms with Crippen molar-refractivity contribution in [3.05, 3.63) is 88.9 Å². The molecule has 0 radical (unpaired) electrons. The first-order chi connectivity index (χ1) is 16.4. The first-order valence-corrected chi connectivity index (χ1v) is 13.2. The number of hydrogen-bond donors (Lipinski definition) is 2. The highest BCUT2D eigenvalue weighted by atomic mass is 35.5. The number of fused-ring (bicyclic) bond motifs is 1. The molecule has 0 heterocycles. The zero-order valence-corrected chi connectivity index (χ0v) is 20.6. The molecule has 0 aliphatic heterocycles. The normalized spacial score (nSPS) is 15.4. The molecular formula is C26H28ClN3O3S. The third-order valence-electron chi connectivity index (χ3n) is 5.99. The monoisotopic (exact) mass is 497 g/mol. The first-order valence-electron chi connectivity index (χ1n) is 11.4. The number of hydrogen-bond acceptors (Lipinski definition) is 4. The maximum absolute atomic E-state index is 13.4. The summed E-state index contributed by atoms with van der Waals surface area (Å²) in [6.45, 7) is 2.13. The van der Waals surface area contributed by atoms with Crippen molar-refractivity contribution < 1.29 is 13.2 Å². The highest BCUT2D eigenvalue weighted by Crippen LogP contribution is 2.31. The zero-order valence-electron chi connectivity index (χ0n) is 19.0. The number of benzene rings is 3. The molecular weight excluding hydrogens is 470 g/mol. The van der Waals surface area contributed by atoms with Gasteiger partial charge in [0.25, 0.3) is 10.0 Å². The van der Waals surface area contributed by atoms with Crippen molar-refractivity contribution in [1.82, 2.24) is 5.32 Å². The van der Waals surface area contributed by atoms with Crippen LogP contribution in [0.5, 0.6) is 0 Å². The van der Waals surface area contributed by atoms with Crippen molar-refractivity contribution in [2.75, 3.05) is 22.7 Å². The number of carbonyl (C=O) groups is 1. The van der Waals surface area contributed by atoms with Crippen LogP contribution in [0.25, 0.3) is 0 Å². The minimum Gasteiger partial charge on any atom is -0.325 e. The second-order valence-corrected chi connectivity index (χ2v) is 10.5. The predicted molar refractivity (Wildman–Crippen MR) is 137 cm³/mol. The number of sulfonamides is 1. The van der Waals surface area contributed by atoms with E-state index >= 15 is 0 Å². The van der Waals surface area contributed by atoms with E-state index in [-0.39, 0.29) is 35.0 Å². The van der Waals surface area contributed by atoms with Gasteiger partial charge in [0.2, 0.25) is 5.91 Å². The fourth-order valence-electron chi connectivity index (χ4n) is 4.37.